The van der Waals surface area contributed by atoms with Gasteiger partial charge in [-0.25, -0.2) is 19.9 Å². The van der Waals surface area contributed by atoms with Crippen molar-refractivity contribution in [2.45, 2.75) is 20.8 Å². The number of aryl methyl sites for hydroxylation is 2. The van der Waals surface area contributed by atoms with Gasteiger partial charge in [0.1, 0.15) is 17.3 Å². The lowest BCUT2D eigenvalue weighted by Crippen LogP contribution is -2.07. The molecule has 0 atom stereocenters. The molecule has 94 valence electrons. The van der Waals surface area contributed by atoms with Gasteiger partial charge in [-0.05, 0) is 49.4 Å². The van der Waals surface area contributed by atoms with Crippen molar-refractivity contribution >= 4 is 28.4 Å². The second kappa shape index (κ2) is 5.55. The van der Waals surface area contributed by atoms with E-state index in [9.17, 15) is 0 Å². The van der Waals surface area contributed by atoms with Crippen LogP contribution in [0.1, 0.15) is 18.4 Å². The molecule has 0 amide bonds. The molecule has 6 heteroatoms. The maximum absolute atomic E-state index is 4.51. The van der Waals surface area contributed by atoms with Crippen molar-refractivity contribution in [3.05, 3.63) is 27.4 Å². The van der Waals surface area contributed by atoms with Gasteiger partial charge in [0.25, 0.3) is 0 Å². The molecule has 2 aromatic heterocycles. The predicted octanol–water partition coefficient (Wildman–Crippen LogP) is 2.59. The molecule has 0 fully saturated rings. The topological polar surface area (TPSA) is 63.6 Å². The number of rotatable bonds is 3. The summed E-state index contributed by atoms with van der Waals surface area (Å²) in [6.07, 6.45) is 1.72. The second-order valence-corrected chi connectivity index (χ2v) is 4.89. The highest BCUT2D eigenvalue weighted by atomic mass is 127. The number of hydrogen-bond acceptors (Lipinski definition) is 5. The Kier molecular flexibility index (Phi) is 4.05. The molecule has 1 N–H and O–H groups in total. The smallest absolute Gasteiger partial charge is 0.180 e. The average molecular weight is 355 g/mol. The Labute approximate surface area is 120 Å². The van der Waals surface area contributed by atoms with Crippen molar-refractivity contribution in [2.75, 3.05) is 11.9 Å². The second-order valence-electron chi connectivity index (χ2n) is 3.81. The maximum atomic E-state index is 4.51. The van der Waals surface area contributed by atoms with Gasteiger partial charge in [-0.15, -0.1) is 0 Å². The van der Waals surface area contributed by atoms with E-state index < -0.39 is 0 Å². The molecule has 0 unspecified atom stereocenters. The van der Waals surface area contributed by atoms with E-state index in [0.29, 0.717) is 5.82 Å². The van der Waals surface area contributed by atoms with Gasteiger partial charge < -0.3 is 5.32 Å². The lowest BCUT2D eigenvalue weighted by atomic mass is 10.3. The van der Waals surface area contributed by atoms with E-state index in [1.165, 1.54) is 0 Å². The van der Waals surface area contributed by atoms with E-state index in [2.05, 4.69) is 47.8 Å². The fourth-order valence-electron chi connectivity index (χ4n) is 1.54. The molecule has 18 heavy (non-hydrogen) atoms. The minimum Gasteiger partial charge on any atom is -0.369 e. The largest absolute Gasteiger partial charge is 0.369 e. The van der Waals surface area contributed by atoms with Crippen molar-refractivity contribution in [3.63, 3.8) is 0 Å². The Balaban J connectivity index is 2.51. The van der Waals surface area contributed by atoms with Crippen LogP contribution in [0.15, 0.2) is 12.3 Å². The highest BCUT2D eigenvalue weighted by Gasteiger charge is 2.11. The summed E-state index contributed by atoms with van der Waals surface area (Å²) in [7, 11) is 0. The Morgan fingerprint density at radius 3 is 2.67 bits per heavy atom. The standard InChI is InChI=1S/C12H14IN5/c1-4-14-12-10(13)7(2)16-11(18-12)9-5-6-15-8(3)17-9/h5-6H,4H2,1-3H3,(H,14,16,18). The van der Waals surface area contributed by atoms with Gasteiger partial charge in [-0.1, -0.05) is 0 Å². The molecule has 0 aliphatic heterocycles. The van der Waals surface area contributed by atoms with Crippen LogP contribution in [0.4, 0.5) is 5.82 Å². The summed E-state index contributed by atoms with van der Waals surface area (Å²) in [5, 5.41) is 3.24. The molecule has 0 aliphatic rings. The van der Waals surface area contributed by atoms with Gasteiger partial charge in [0, 0.05) is 12.7 Å². The number of nitrogens with zero attached hydrogens (tertiary/aromatic N) is 4. The molecule has 2 aromatic rings. The van der Waals surface area contributed by atoms with Crippen LogP contribution in [0.2, 0.25) is 0 Å². The van der Waals surface area contributed by atoms with E-state index in [1.54, 1.807) is 6.20 Å². The maximum Gasteiger partial charge on any atom is 0.180 e. The zero-order chi connectivity index (χ0) is 13.1. The quantitative estimate of drug-likeness (QED) is 0.858. The monoisotopic (exact) mass is 355 g/mol. The Hall–Kier alpha value is -1.31. The minimum absolute atomic E-state index is 0.634. The minimum atomic E-state index is 0.634. The summed E-state index contributed by atoms with van der Waals surface area (Å²) in [5.41, 5.74) is 1.70. The number of nitrogens with one attached hydrogen (secondary N) is 1. The summed E-state index contributed by atoms with van der Waals surface area (Å²) in [6, 6.07) is 1.82. The fraction of sp³-hybridized carbons (Fsp3) is 0.333. The highest BCUT2D eigenvalue weighted by Crippen LogP contribution is 2.22. The summed E-state index contributed by atoms with van der Waals surface area (Å²) in [5.74, 6) is 2.21. The Morgan fingerprint density at radius 2 is 2.00 bits per heavy atom. The lowest BCUT2D eigenvalue weighted by molar-refractivity contribution is 1.01. The van der Waals surface area contributed by atoms with E-state index in [1.807, 2.05) is 26.8 Å². The molecule has 5 nitrogen and oxygen atoms in total. The third-order valence-corrected chi connectivity index (χ3v) is 3.66. The van der Waals surface area contributed by atoms with Crippen LogP contribution >= 0.6 is 22.6 Å². The number of aromatic nitrogens is 4. The first-order valence-corrected chi connectivity index (χ1v) is 6.77. The van der Waals surface area contributed by atoms with Crippen molar-refractivity contribution in [1.29, 1.82) is 0 Å². The summed E-state index contributed by atoms with van der Waals surface area (Å²) >= 11 is 2.25. The molecule has 0 saturated carbocycles. The zero-order valence-electron chi connectivity index (χ0n) is 10.5. The van der Waals surface area contributed by atoms with Gasteiger partial charge in [0.15, 0.2) is 5.82 Å². The first kappa shape index (κ1) is 13.1. The SMILES string of the molecule is CCNc1nc(-c2ccnc(C)n2)nc(C)c1I. The van der Waals surface area contributed by atoms with E-state index in [0.717, 1.165) is 33.1 Å². The number of halogens is 1. The fourth-order valence-corrected chi connectivity index (χ4v) is 1.97. The van der Waals surface area contributed by atoms with E-state index in [-0.39, 0.29) is 0 Å². The van der Waals surface area contributed by atoms with Crippen LogP contribution in [-0.4, -0.2) is 26.5 Å². The molecule has 2 rings (SSSR count). The number of hydrogen-bond donors (Lipinski definition) is 1. The first-order valence-electron chi connectivity index (χ1n) is 5.70. The van der Waals surface area contributed by atoms with E-state index in [4.69, 9.17) is 0 Å². The summed E-state index contributed by atoms with van der Waals surface area (Å²) in [4.78, 5) is 17.4. The molecule has 0 saturated heterocycles. The van der Waals surface area contributed by atoms with Crippen molar-refractivity contribution < 1.29 is 0 Å². The van der Waals surface area contributed by atoms with Gasteiger partial charge in [0.2, 0.25) is 0 Å². The normalized spacial score (nSPS) is 10.4. The van der Waals surface area contributed by atoms with Crippen molar-refractivity contribution in [1.82, 2.24) is 19.9 Å². The number of anilines is 1. The zero-order valence-corrected chi connectivity index (χ0v) is 12.7. The molecule has 0 aromatic carbocycles. The third-order valence-electron chi connectivity index (χ3n) is 2.37. The molecule has 2 heterocycles. The molecule has 0 spiro atoms. The van der Waals surface area contributed by atoms with Crippen LogP contribution in [0.5, 0.6) is 0 Å². The van der Waals surface area contributed by atoms with Crippen LogP contribution in [0.3, 0.4) is 0 Å². The average Bonchev–Trinajstić information content (AvgIpc) is 2.35. The predicted molar refractivity (Wildman–Crippen MR) is 79.4 cm³/mol. The van der Waals surface area contributed by atoms with Gasteiger partial charge >= 0.3 is 0 Å². The molecule has 0 bridgehead atoms. The van der Waals surface area contributed by atoms with Crippen molar-refractivity contribution in [3.8, 4) is 11.5 Å². The Bertz CT molecular complexity index is 570. The van der Waals surface area contributed by atoms with Crippen molar-refractivity contribution in [2.24, 2.45) is 0 Å². The van der Waals surface area contributed by atoms with Gasteiger partial charge in [-0.2, -0.15) is 0 Å². The molecular formula is C12H14IN5. The van der Waals surface area contributed by atoms with Crippen LogP contribution < -0.4 is 5.32 Å². The summed E-state index contributed by atoms with van der Waals surface area (Å²) < 4.78 is 1.05. The first-order chi connectivity index (χ1) is 8.61. The highest BCUT2D eigenvalue weighted by molar-refractivity contribution is 14.1. The third kappa shape index (κ3) is 2.74. The van der Waals surface area contributed by atoms with Gasteiger partial charge in [-0.3, -0.25) is 0 Å². The molecule has 0 aliphatic carbocycles. The Morgan fingerprint density at radius 1 is 1.22 bits per heavy atom. The van der Waals surface area contributed by atoms with Crippen LogP contribution in [-0.2, 0) is 0 Å². The van der Waals surface area contributed by atoms with Crippen LogP contribution in [0, 0.1) is 17.4 Å². The lowest BCUT2D eigenvalue weighted by Gasteiger charge is -2.09. The van der Waals surface area contributed by atoms with E-state index >= 15 is 0 Å². The molecule has 0 radical (unpaired) electrons. The molecular weight excluding hydrogens is 341 g/mol. The van der Waals surface area contributed by atoms with Gasteiger partial charge in [0.05, 0.1) is 9.26 Å². The summed E-state index contributed by atoms with van der Waals surface area (Å²) in [6.45, 7) is 6.70. The van der Waals surface area contributed by atoms with Crippen LogP contribution in [0.25, 0.3) is 11.5 Å².